The minimum Gasteiger partial charge on any atom is -0.364 e. The van der Waals surface area contributed by atoms with Gasteiger partial charge in [-0.05, 0) is 24.3 Å². The Morgan fingerprint density at radius 1 is 1.19 bits per heavy atom. The van der Waals surface area contributed by atoms with Gasteiger partial charge in [-0.3, -0.25) is 4.79 Å². The van der Waals surface area contributed by atoms with Crippen molar-refractivity contribution in [2.45, 2.75) is 6.54 Å². The van der Waals surface area contributed by atoms with Crippen LogP contribution in [0.25, 0.3) is 0 Å². The number of aromatic amines is 1. The van der Waals surface area contributed by atoms with Crippen molar-refractivity contribution in [3.05, 3.63) is 59.9 Å². The van der Waals surface area contributed by atoms with E-state index in [0.29, 0.717) is 6.54 Å². The second-order valence-electron chi connectivity index (χ2n) is 3.72. The molecule has 0 saturated heterocycles. The van der Waals surface area contributed by atoms with Crippen LogP contribution in [0.15, 0.2) is 48.7 Å². The van der Waals surface area contributed by atoms with Crippen LogP contribution in [0, 0.1) is 0 Å². The first kappa shape index (κ1) is 10.5. The van der Waals surface area contributed by atoms with Gasteiger partial charge in [0.1, 0.15) is 0 Å². The molecule has 0 saturated carbocycles. The third kappa shape index (κ3) is 2.31. The molecule has 1 aromatic carbocycles. The summed E-state index contributed by atoms with van der Waals surface area (Å²) in [5.74, 6) is 0.0372. The molecule has 3 heteroatoms. The summed E-state index contributed by atoms with van der Waals surface area (Å²) in [7, 11) is 1.80. The topological polar surface area (TPSA) is 36.1 Å². The van der Waals surface area contributed by atoms with E-state index in [0.717, 1.165) is 11.3 Å². The Balaban J connectivity index is 2.05. The van der Waals surface area contributed by atoms with Crippen LogP contribution in [0.3, 0.4) is 0 Å². The maximum atomic E-state index is 12.0. The van der Waals surface area contributed by atoms with Gasteiger partial charge in [0.2, 0.25) is 0 Å². The van der Waals surface area contributed by atoms with Crippen LogP contribution in [-0.2, 0) is 6.54 Å². The van der Waals surface area contributed by atoms with Crippen LogP contribution in [-0.4, -0.2) is 22.8 Å². The van der Waals surface area contributed by atoms with Gasteiger partial charge in [-0.25, -0.2) is 0 Å². The van der Waals surface area contributed by atoms with Crippen molar-refractivity contribution in [2.24, 2.45) is 0 Å². The number of hydrogen-bond donors (Lipinski definition) is 1. The monoisotopic (exact) mass is 214 g/mol. The number of carbonyl (C=O) groups excluding carboxylic acids is 1. The van der Waals surface area contributed by atoms with Gasteiger partial charge in [0.25, 0.3) is 5.91 Å². The van der Waals surface area contributed by atoms with Crippen LogP contribution in [0.1, 0.15) is 16.1 Å². The van der Waals surface area contributed by atoms with Gasteiger partial charge >= 0.3 is 0 Å². The number of H-pyrrole nitrogens is 1. The summed E-state index contributed by atoms with van der Waals surface area (Å²) >= 11 is 0. The number of hydrogen-bond acceptors (Lipinski definition) is 1. The van der Waals surface area contributed by atoms with Gasteiger partial charge < -0.3 is 9.88 Å². The Morgan fingerprint density at radius 2 is 1.94 bits per heavy atom. The second kappa shape index (κ2) is 4.66. The summed E-state index contributed by atoms with van der Waals surface area (Å²) in [5.41, 5.74) is 1.75. The number of carbonyl (C=O) groups is 1. The maximum absolute atomic E-state index is 12.0. The van der Waals surface area contributed by atoms with Gasteiger partial charge in [-0.15, -0.1) is 0 Å². The number of rotatable bonds is 3. The van der Waals surface area contributed by atoms with E-state index in [-0.39, 0.29) is 5.91 Å². The summed E-state index contributed by atoms with van der Waals surface area (Å²) in [5, 5.41) is 0. The average molecular weight is 214 g/mol. The van der Waals surface area contributed by atoms with Crippen LogP contribution >= 0.6 is 0 Å². The number of amides is 1. The van der Waals surface area contributed by atoms with Gasteiger partial charge in [-0.1, -0.05) is 18.2 Å². The second-order valence-corrected chi connectivity index (χ2v) is 3.72. The Hall–Kier alpha value is -2.03. The highest BCUT2D eigenvalue weighted by Crippen LogP contribution is 2.06. The molecule has 82 valence electrons. The molecule has 1 amide bonds. The zero-order valence-electron chi connectivity index (χ0n) is 9.18. The van der Waals surface area contributed by atoms with Crippen molar-refractivity contribution in [1.29, 1.82) is 0 Å². The molecule has 1 aromatic heterocycles. The SMILES string of the molecule is CN(Cc1ccc[nH]1)C(=O)c1ccccc1. The lowest BCUT2D eigenvalue weighted by molar-refractivity contribution is 0.0783. The summed E-state index contributed by atoms with van der Waals surface area (Å²) in [6.45, 7) is 0.598. The first-order valence-corrected chi connectivity index (χ1v) is 5.20. The Labute approximate surface area is 94.7 Å². The third-order valence-corrected chi connectivity index (χ3v) is 2.44. The van der Waals surface area contributed by atoms with E-state index in [2.05, 4.69) is 4.98 Å². The minimum absolute atomic E-state index is 0.0372. The van der Waals surface area contributed by atoms with Crippen molar-refractivity contribution in [2.75, 3.05) is 7.05 Å². The van der Waals surface area contributed by atoms with Crippen molar-refractivity contribution in [3.8, 4) is 0 Å². The predicted molar refractivity (Wildman–Crippen MR) is 63.0 cm³/mol. The van der Waals surface area contributed by atoms with Crippen LogP contribution in [0.5, 0.6) is 0 Å². The van der Waals surface area contributed by atoms with Crippen molar-refractivity contribution >= 4 is 5.91 Å². The molecule has 0 aliphatic heterocycles. The molecule has 1 N–H and O–H groups in total. The molecule has 0 fully saturated rings. The van der Waals surface area contributed by atoms with Crippen LogP contribution < -0.4 is 0 Å². The number of nitrogens with zero attached hydrogens (tertiary/aromatic N) is 1. The summed E-state index contributed by atoms with van der Waals surface area (Å²) in [6.07, 6.45) is 1.86. The number of aromatic nitrogens is 1. The van der Waals surface area contributed by atoms with E-state index in [4.69, 9.17) is 0 Å². The van der Waals surface area contributed by atoms with Crippen molar-refractivity contribution in [3.63, 3.8) is 0 Å². The Morgan fingerprint density at radius 3 is 2.56 bits per heavy atom. The van der Waals surface area contributed by atoms with Crippen LogP contribution in [0.4, 0.5) is 0 Å². The fraction of sp³-hybridized carbons (Fsp3) is 0.154. The highest BCUT2D eigenvalue weighted by Gasteiger charge is 2.11. The summed E-state index contributed by atoms with van der Waals surface area (Å²) in [4.78, 5) is 16.8. The lowest BCUT2D eigenvalue weighted by Crippen LogP contribution is -2.26. The summed E-state index contributed by atoms with van der Waals surface area (Å²) in [6, 6.07) is 13.2. The number of nitrogens with one attached hydrogen (secondary N) is 1. The van der Waals surface area contributed by atoms with E-state index in [1.54, 1.807) is 11.9 Å². The van der Waals surface area contributed by atoms with E-state index in [9.17, 15) is 4.79 Å². The Bertz CT molecular complexity index is 448. The smallest absolute Gasteiger partial charge is 0.253 e. The predicted octanol–water partition coefficient (Wildman–Crippen LogP) is 2.29. The first-order valence-electron chi connectivity index (χ1n) is 5.20. The van der Waals surface area contributed by atoms with Crippen LogP contribution in [0.2, 0.25) is 0 Å². The van der Waals surface area contributed by atoms with Crippen molar-refractivity contribution in [1.82, 2.24) is 9.88 Å². The van der Waals surface area contributed by atoms with E-state index < -0.39 is 0 Å². The average Bonchev–Trinajstić information content (AvgIpc) is 2.82. The minimum atomic E-state index is 0.0372. The van der Waals surface area contributed by atoms with E-state index in [1.165, 1.54) is 0 Å². The largest absolute Gasteiger partial charge is 0.364 e. The molecule has 3 nitrogen and oxygen atoms in total. The first-order chi connectivity index (χ1) is 7.77. The highest BCUT2D eigenvalue weighted by molar-refractivity contribution is 5.93. The third-order valence-electron chi connectivity index (χ3n) is 2.44. The molecule has 0 unspecified atom stereocenters. The maximum Gasteiger partial charge on any atom is 0.253 e. The molecule has 0 atom stereocenters. The molecule has 2 rings (SSSR count). The quantitative estimate of drug-likeness (QED) is 0.836. The molecule has 0 radical (unpaired) electrons. The Kier molecular flexibility index (Phi) is 3.05. The number of benzene rings is 1. The molecule has 0 spiro atoms. The lowest BCUT2D eigenvalue weighted by Gasteiger charge is -2.16. The fourth-order valence-corrected chi connectivity index (χ4v) is 1.59. The molecular formula is C13H14N2O. The molecule has 0 aliphatic rings. The fourth-order valence-electron chi connectivity index (χ4n) is 1.59. The molecule has 16 heavy (non-hydrogen) atoms. The van der Waals surface area contributed by atoms with Crippen molar-refractivity contribution < 1.29 is 4.79 Å². The molecular weight excluding hydrogens is 200 g/mol. The summed E-state index contributed by atoms with van der Waals surface area (Å²) < 4.78 is 0. The molecule has 0 bridgehead atoms. The molecule has 0 aliphatic carbocycles. The van der Waals surface area contributed by atoms with Gasteiger partial charge in [0.15, 0.2) is 0 Å². The zero-order valence-corrected chi connectivity index (χ0v) is 9.18. The van der Waals surface area contributed by atoms with E-state index in [1.807, 2.05) is 48.7 Å². The zero-order chi connectivity index (χ0) is 11.4. The normalized spacial score (nSPS) is 10.1. The van der Waals surface area contributed by atoms with Gasteiger partial charge in [-0.2, -0.15) is 0 Å². The molecule has 1 heterocycles. The highest BCUT2D eigenvalue weighted by atomic mass is 16.2. The van der Waals surface area contributed by atoms with Gasteiger partial charge in [0, 0.05) is 24.5 Å². The molecule has 2 aromatic rings. The standard InChI is InChI=1S/C13H14N2O/c1-15(10-12-8-5-9-14-12)13(16)11-6-3-2-4-7-11/h2-9,14H,10H2,1H3. The van der Waals surface area contributed by atoms with E-state index >= 15 is 0 Å². The van der Waals surface area contributed by atoms with Gasteiger partial charge in [0.05, 0.1) is 6.54 Å². The lowest BCUT2D eigenvalue weighted by atomic mass is 10.2.